The van der Waals surface area contributed by atoms with Crippen molar-refractivity contribution in [1.29, 1.82) is 0 Å². The summed E-state index contributed by atoms with van der Waals surface area (Å²) in [7, 11) is 0. The summed E-state index contributed by atoms with van der Waals surface area (Å²) in [6.07, 6.45) is -4.12. The number of hydrogen-bond donors (Lipinski definition) is 2. The molecule has 3 aliphatic rings. The fourth-order valence-electron chi connectivity index (χ4n) is 5.92. The van der Waals surface area contributed by atoms with Gasteiger partial charge in [0.15, 0.2) is 0 Å². The molecular formula is C26H30ClF3N8O3. The average Bonchev–Trinajstić information content (AvgIpc) is 3.66. The number of carbonyl (C=O) groups is 1. The van der Waals surface area contributed by atoms with Gasteiger partial charge in [0.1, 0.15) is 12.2 Å². The predicted octanol–water partition coefficient (Wildman–Crippen LogP) is 2.26. The van der Waals surface area contributed by atoms with Crippen molar-refractivity contribution in [2.45, 2.75) is 26.1 Å². The summed E-state index contributed by atoms with van der Waals surface area (Å²) < 4.78 is 47.7. The molecule has 11 nitrogen and oxygen atoms in total. The minimum absolute atomic E-state index is 0.0510. The Morgan fingerprint density at radius 2 is 1.88 bits per heavy atom. The molecule has 0 spiro atoms. The topological polar surface area (TPSA) is 109 Å². The molecule has 5 heterocycles. The maximum Gasteiger partial charge on any atom is 0.416 e. The first-order valence-corrected chi connectivity index (χ1v) is 14.0. The number of hydrogen-bond acceptors (Lipinski definition) is 8. The van der Waals surface area contributed by atoms with Gasteiger partial charge in [0.05, 0.1) is 35.2 Å². The first kappa shape index (κ1) is 27.8. The highest BCUT2D eigenvalue weighted by molar-refractivity contribution is 6.33. The lowest BCUT2D eigenvalue weighted by Gasteiger charge is -2.31. The van der Waals surface area contributed by atoms with Gasteiger partial charge in [-0.15, -0.1) is 5.10 Å². The lowest BCUT2D eigenvalue weighted by Crippen LogP contribution is -2.47. The van der Waals surface area contributed by atoms with Crippen molar-refractivity contribution in [3.8, 4) is 0 Å². The molecule has 0 aliphatic carbocycles. The molecule has 6 rings (SSSR count). The van der Waals surface area contributed by atoms with Crippen molar-refractivity contribution in [3.05, 3.63) is 44.8 Å². The molecule has 0 saturated carbocycles. The van der Waals surface area contributed by atoms with E-state index in [-0.39, 0.29) is 28.6 Å². The molecule has 1 amide bonds. The van der Waals surface area contributed by atoms with E-state index >= 15 is 0 Å². The van der Waals surface area contributed by atoms with Crippen LogP contribution in [0.15, 0.2) is 23.0 Å². The van der Waals surface area contributed by atoms with Crippen molar-refractivity contribution in [2.75, 3.05) is 67.6 Å². The van der Waals surface area contributed by atoms with Gasteiger partial charge >= 0.3 is 6.18 Å². The third kappa shape index (κ3) is 5.24. The van der Waals surface area contributed by atoms with E-state index in [0.29, 0.717) is 88.1 Å². The normalized spacial score (nSPS) is 21.1. The summed E-state index contributed by atoms with van der Waals surface area (Å²) in [4.78, 5) is 35.9. The van der Waals surface area contributed by atoms with E-state index in [1.807, 2.05) is 16.7 Å². The largest absolute Gasteiger partial charge is 0.416 e. The molecule has 3 aliphatic heterocycles. The number of carbonyl (C=O) groups excluding carboxylic acids is 1. The molecule has 3 saturated heterocycles. The van der Waals surface area contributed by atoms with Crippen LogP contribution in [0.5, 0.6) is 0 Å². The van der Waals surface area contributed by atoms with Crippen LogP contribution in [0.4, 0.5) is 30.5 Å². The lowest BCUT2D eigenvalue weighted by atomic mass is 10.0. The Labute approximate surface area is 238 Å². The van der Waals surface area contributed by atoms with Gasteiger partial charge in [-0.1, -0.05) is 18.5 Å². The molecule has 2 atom stereocenters. The Morgan fingerprint density at radius 3 is 2.51 bits per heavy atom. The highest BCUT2D eigenvalue weighted by atomic mass is 35.5. The Kier molecular flexibility index (Phi) is 7.32. The van der Waals surface area contributed by atoms with Crippen LogP contribution in [0, 0.1) is 11.8 Å². The molecule has 0 radical (unpaired) electrons. The third-order valence-corrected chi connectivity index (χ3v) is 8.29. The number of nitrogens with zero attached hydrogens (tertiary/aromatic N) is 6. The second kappa shape index (κ2) is 10.8. The predicted molar refractivity (Wildman–Crippen MR) is 147 cm³/mol. The van der Waals surface area contributed by atoms with Crippen molar-refractivity contribution in [2.24, 2.45) is 11.8 Å². The van der Waals surface area contributed by atoms with Crippen LogP contribution in [0.3, 0.4) is 0 Å². The number of halogens is 4. The standard InChI is InChI=1S/C26H30ClF3N8O3/c1-2-20-22(35-7-5-31-6-8-35)23(40)38-25(33-24(34-38)36-10-15-13-41-14-16(15)11-36)37(20)12-21(39)32-19-4-3-17(9-18(19)27)26(28,29)30/h3-4,9,15-16,31H,2,5-8,10-14H2,1H3,(H,32,39)/t15-,16+. The number of nitrogens with one attached hydrogen (secondary N) is 2. The smallest absolute Gasteiger partial charge is 0.381 e. The van der Waals surface area contributed by atoms with Gasteiger partial charge in [0.25, 0.3) is 5.56 Å². The number of alkyl halides is 3. The molecule has 3 aromatic rings. The van der Waals surface area contributed by atoms with Crippen LogP contribution >= 0.6 is 11.6 Å². The second-order valence-corrected chi connectivity index (χ2v) is 11.0. The molecule has 1 aromatic carbocycles. The number of benzene rings is 1. The quantitative estimate of drug-likeness (QED) is 0.447. The highest BCUT2D eigenvalue weighted by Crippen LogP contribution is 2.34. The van der Waals surface area contributed by atoms with Gasteiger partial charge in [-0.3, -0.25) is 9.59 Å². The molecule has 3 fully saturated rings. The van der Waals surface area contributed by atoms with Gasteiger partial charge in [-0.2, -0.15) is 22.7 Å². The Morgan fingerprint density at radius 1 is 1.17 bits per heavy atom. The van der Waals surface area contributed by atoms with E-state index in [2.05, 4.69) is 15.7 Å². The van der Waals surface area contributed by atoms with Crippen LogP contribution in [-0.2, 0) is 28.7 Å². The maximum atomic E-state index is 13.9. The number of fused-ring (bicyclic) bond motifs is 2. The molecule has 0 bridgehead atoms. The summed E-state index contributed by atoms with van der Waals surface area (Å²) >= 11 is 6.08. The van der Waals surface area contributed by atoms with Crippen molar-refractivity contribution in [3.63, 3.8) is 0 Å². The first-order chi connectivity index (χ1) is 19.6. The minimum Gasteiger partial charge on any atom is -0.381 e. The van der Waals surface area contributed by atoms with Crippen LogP contribution in [0.2, 0.25) is 5.02 Å². The molecule has 2 aromatic heterocycles. The highest BCUT2D eigenvalue weighted by Gasteiger charge is 2.39. The van der Waals surface area contributed by atoms with E-state index in [1.165, 1.54) is 4.52 Å². The van der Waals surface area contributed by atoms with Crippen LogP contribution in [-0.4, -0.2) is 77.6 Å². The van der Waals surface area contributed by atoms with Crippen LogP contribution in [0.25, 0.3) is 5.78 Å². The van der Waals surface area contributed by atoms with Gasteiger partial charge in [0, 0.05) is 51.1 Å². The minimum atomic E-state index is -4.56. The molecular weight excluding hydrogens is 565 g/mol. The zero-order valence-corrected chi connectivity index (χ0v) is 23.1. The zero-order chi connectivity index (χ0) is 28.9. The SMILES string of the molecule is CCc1c(N2CCNCC2)c(=O)n2nc(N3C[C@H]4COC[C@H]4C3)nc2n1CC(=O)Nc1ccc(C(F)(F)F)cc1Cl. The number of amides is 1. The fourth-order valence-corrected chi connectivity index (χ4v) is 6.15. The lowest BCUT2D eigenvalue weighted by molar-refractivity contribution is -0.137. The average molecular weight is 595 g/mol. The van der Waals surface area contributed by atoms with Gasteiger partial charge in [-0.25, -0.2) is 0 Å². The number of rotatable bonds is 6. The fraction of sp³-hybridized carbons (Fsp3) is 0.538. The molecule has 220 valence electrons. The van der Waals surface area contributed by atoms with Gasteiger partial charge in [0.2, 0.25) is 17.6 Å². The van der Waals surface area contributed by atoms with Crippen molar-refractivity contribution < 1.29 is 22.7 Å². The summed E-state index contributed by atoms with van der Waals surface area (Å²) in [5, 5.41) is 10.3. The number of anilines is 3. The number of ether oxygens (including phenoxy) is 1. The molecule has 2 N–H and O–H groups in total. The molecule has 0 unspecified atom stereocenters. The summed E-state index contributed by atoms with van der Waals surface area (Å²) in [6.45, 7) is 7.07. The van der Waals surface area contributed by atoms with E-state index < -0.39 is 17.6 Å². The second-order valence-electron chi connectivity index (χ2n) is 10.6. The van der Waals surface area contributed by atoms with Gasteiger partial charge < -0.3 is 29.7 Å². The van der Waals surface area contributed by atoms with E-state index in [9.17, 15) is 22.8 Å². The third-order valence-electron chi connectivity index (χ3n) is 7.98. The van der Waals surface area contributed by atoms with Gasteiger partial charge in [-0.05, 0) is 24.6 Å². The molecule has 15 heteroatoms. The van der Waals surface area contributed by atoms with Crippen molar-refractivity contribution >= 4 is 40.6 Å². The summed E-state index contributed by atoms with van der Waals surface area (Å²) in [6, 6.07) is 2.76. The van der Waals surface area contributed by atoms with Crippen LogP contribution in [0.1, 0.15) is 18.2 Å². The summed E-state index contributed by atoms with van der Waals surface area (Å²) in [5.74, 6) is 0.860. The monoisotopic (exact) mass is 594 g/mol. The van der Waals surface area contributed by atoms with Crippen LogP contribution < -0.4 is 26.0 Å². The van der Waals surface area contributed by atoms with E-state index in [4.69, 9.17) is 21.3 Å². The number of piperazine rings is 1. The summed E-state index contributed by atoms with van der Waals surface area (Å²) in [5.41, 5.74) is -0.0726. The van der Waals surface area contributed by atoms with E-state index in [0.717, 1.165) is 18.2 Å². The Balaban J connectivity index is 1.38. The Bertz CT molecular complexity index is 1520. The first-order valence-electron chi connectivity index (χ1n) is 13.6. The van der Waals surface area contributed by atoms with Crippen molar-refractivity contribution in [1.82, 2.24) is 24.5 Å². The maximum absolute atomic E-state index is 13.9. The number of aromatic nitrogens is 4. The molecule has 41 heavy (non-hydrogen) atoms. The zero-order valence-electron chi connectivity index (χ0n) is 22.4. The van der Waals surface area contributed by atoms with E-state index in [1.54, 1.807) is 4.57 Å². The Hall–Kier alpha value is -3.36.